The number of terminal acetylenes is 1. The monoisotopic (exact) mass is 215 g/mol. The third kappa shape index (κ3) is 3.12. The van der Waals surface area contributed by atoms with Crippen molar-refractivity contribution >= 4 is 0 Å². The molecule has 1 atom stereocenters. The fourth-order valence-corrected chi connectivity index (χ4v) is 1.97. The second kappa shape index (κ2) is 4.72. The highest BCUT2D eigenvalue weighted by Gasteiger charge is 2.18. The van der Waals surface area contributed by atoms with Crippen LogP contribution in [0.25, 0.3) is 0 Å². The Bertz CT molecular complexity index is 410. The average Bonchev–Trinajstić information content (AvgIpc) is 2.16. The molecule has 16 heavy (non-hydrogen) atoms. The van der Waals surface area contributed by atoms with Gasteiger partial charge in [-0.25, -0.2) is 0 Å². The minimum Gasteiger partial charge on any atom is -0.295 e. The van der Waals surface area contributed by atoms with Crippen molar-refractivity contribution in [1.29, 1.82) is 0 Å². The number of hydrogen-bond donors (Lipinski definition) is 1. The standard InChI is InChI=1S/C15H21N/c1-7-15(5,6)16-13(4)14-9-8-11(2)10-12(14)3/h1,8-10,13,16H,2-6H3. The zero-order chi connectivity index (χ0) is 12.3. The van der Waals surface area contributed by atoms with Crippen molar-refractivity contribution in [3.8, 4) is 12.3 Å². The lowest BCUT2D eigenvalue weighted by Crippen LogP contribution is -2.39. The summed E-state index contributed by atoms with van der Waals surface area (Å²) in [5.74, 6) is 2.76. The Balaban J connectivity index is 2.90. The van der Waals surface area contributed by atoms with Crippen molar-refractivity contribution in [2.24, 2.45) is 0 Å². The van der Waals surface area contributed by atoms with Gasteiger partial charge in [-0.1, -0.05) is 29.7 Å². The normalized spacial score (nSPS) is 13.2. The van der Waals surface area contributed by atoms with Gasteiger partial charge in [0.15, 0.2) is 0 Å². The molecular weight excluding hydrogens is 194 g/mol. The van der Waals surface area contributed by atoms with Crippen molar-refractivity contribution in [3.63, 3.8) is 0 Å². The molecule has 1 aromatic carbocycles. The van der Waals surface area contributed by atoms with Crippen LogP contribution >= 0.6 is 0 Å². The van der Waals surface area contributed by atoms with Gasteiger partial charge in [-0.05, 0) is 45.7 Å². The Kier molecular flexibility index (Phi) is 3.78. The molecule has 0 aliphatic rings. The van der Waals surface area contributed by atoms with Crippen LogP contribution in [0.4, 0.5) is 0 Å². The average molecular weight is 215 g/mol. The Morgan fingerprint density at radius 3 is 2.44 bits per heavy atom. The molecular formula is C15H21N. The van der Waals surface area contributed by atoms with Gasteiger partial charge in [0.05, 0.1) is 5.54 Å². The molecule has 0 aliphatic carbocycles. The van der Waals surface area contributed by atoms with Crippen LogP contribution in [0.3, 0.4) is 0 Å². The first-order chi connectivity index (χ1) is 7.35. The summed E-state index contributed by atoms with van der Waals surface area (Å²) in [4.78, 5) is 0. The van der Waals surface area contributed by atoms with Gasteiger partial charge < -0.3 is 0 Å². The summed E-state index contributed by atoms with van der Waals surface area (Å²) in [6, 6.07) is 6.79. The van der Waals surface area contributed by atoms with E-state index >= 15 is 0 Å². The summed E-state index contributed by atoms with van der Waals surface area (Å²) in [5.41, 5.74) is 3.66. The highest BCUT2D eigenvalue weighted by molar-refractivity contribution is 5.33. The molecule has 0 fully saturated rings. The maximum atomic E-state index is 5.48. The van der Waals surface area contributed by atoms with E-state index in [0.717, 1.165) is 0 Å². The highest BCUT2D eigenvalue weighted by atomic mass is 15.0. The lowest BCUT2D eigenvalue weighted by Gasteiger charge is -2.26. The zero-order valence-corrected chi connectivity index (χ0v) is 10.9. The molecule has 0 saturated carbocycles. The van der Waals surface area contributed by atoms with Crippen LogP contribution in [0.5, 0.6) is 0 Å². The topological polar surface area (TPSA) is 12.0 Å². The molecule has 1 aromatic rings. The van der Waals surface area contributed by atoms with Crippen molar-refractivity contribution in [2.75, 3.05) is 0 Å². The second-order valence-electron chi connectivity index (χ2n) is 5.00. The van der Waals surface area contributed by atoms with Gasteiger partial charge in [0, 0.05) is 6.04 Å². The summed E-state index contributed by atoms with van der Waals surface area (Å²) in [7, 11) is 0. The van der Waals surface area contributed by atoms with Gasteiger partial charge in [0.25, 0.3) is 0 Å². The molecule has 0 aromatic heterocycles. The van der Waals surface area contributed by atoms with Gasteiger partial charge in [0.1, 0.15) is 0 Å². The van der Waals surface area contributed by atoms with E-state index in [0.29, 0.717) is 0 Å². The van der Waals surface area contributed by atoms with Gasteiger partial charge in [-0.2, -0.15) is 0 Å². The van der Waals surface area contributed by atoms with Crippen molar-refractivity contribution < 1.29 is 0 Å². The number of rotatable bonds is 3. The van der Waals surface area contributed by atoms with E-state index in [1.54, 1.807) is 0 Å². The maximum absolute atomic E-state index is 5.48. The van der Waals surface area contributed by atoms with Crippen LogP contribution in [0.2, 0.25) is 0 Å². The first-order valence-electron chi connectivity index (χ1n) is 5.68. The fraction of sp³-hybridized carbons (Fsp3) is 0.467. The first-order valence-corrected chi connectivity index (χ1v) is 5.68. The summed E-state index contributed by atoms with van der Waals surface area (Å²) in [6.07, 6.45) is 5.48. The summed E-state index contributed by atoms with van der Waals surface area (Å²) in [6.45, 7) is 10.4. The predicted molar refractivity (Wildman–Crippen MR) is 70.4 cm³/mol. The van der Waals surface area contributed by atoms with E-state index in [9.17, 15) is 0 Å². The number of benzene rings is 1. The van der Waals surface area contributed by atoms with Crippen LogP contribution in [0.15, 0.2) is 18.2 Å². The molecule has 0 bridgehead atoms. The first kappa shape index (κ1) is 12.8. The molecule has 0 amide bonds. The van der Waals surface area contributed by atoms with Crippen molar-refractivity contribution in [2.45, 2.75) is 46.2 Å². The molecule has 0 radical (unpaired) electrons. The lowest BCUT2D eigenvalue weighted by molar-refractivity contribution is 0.430. The summed E-state index contributed by atoms with van der Waals surface area (Å²) >= 11 is 0. The van der Waals surface area contributed by atoms with Crippen LogP contribution in [-0.2, 0) is 0 Å². The van der Waals surface area contributed by atoms with E-state index in [4.69, 9.17) is 6.42 Å². The molecule has 0 heterocycles. The summed E-state index contributed by atoms with van der Waals surface area (Å²) in [5, 5.41) is 3.45. The van der Waals surface area contributed by atoms with Crippen molar-refractivity contribution in [1.82, 2.24) is 5.32 Å². The molecule has 1 N–H and O–H groups in total. The smallest absolute Gasteiger partial charge is 0.0745 e. The molecule has 1 rings (SSSR count). The lowest BCUT2D eigenvalue weighted by atomic mass is 9.97. The minimum atomic E-state index is -0.267. The quantitative estimate of drug-likeness (QED) is 0.762. The molecule has 1 nitrogen and oxygen atoms in total. The Morgan fingerprint density at radius 2 is 1.94 bits per heavy atom. The van der Waals surface area contributed by atoms with Crippen LogP contribution in [-0.4, -0.2) is 5.54 Å². The van der Waals surface area contributed by atoms with Crippen molar-refractivity contribution in [3.05, 3.63) is 34.9 Å². The molecule has 86 valence electrons. The van der Waals surface area contributed by atoms with E-state index in [1.165, 1.54) is 16.7 Å². The third-order valence-corrected chi connectivity index (χ3v) is 2.83. The third-order valence-electron chi connectivity index (χ3n) is 2.83. The van der Waals surface area contributed by atoms with E-state index in [-0.39, 0.29) is 11.6 Å². The van der Waals surface area contributed by atoms with E-state index < -0.39 is 0 Å². The van der Waals surface area contributed by atoms with Crippen LogP contribution < -0.4 is 5.32 Å². The molecule has 0 saturated heterocycles. The Hall–Kier alpha value is -1.26. The second-order valence-corrected chi connectivity index (χ2v) is 5.00. The Morgan fingerprint density at radius 1 is 1.31 bits per heavy atom. The van der Waals surface area contributed by atoms with Gasteiger partial charge >= 0.3 is 0 Å². The van der Waals surface area contributed by atoms with Gasteiger partial charge in [-0.3, -0.25) is 5.32 Å². The largest absolute Gasteiger partial charge is 0.295 e. The zero-order valence-electron chi connectivity index (χ0n) is 10.9. The molecule has 1 heteroatoms. The van der Waals surface area contributed by atoms with Gasteiger partial charge in [0.2, 0.25) is 0 Å². The number of nitrogens with one attached hydrogen (secondary N) is 1. The summed E-state index contributed by atoms with van der Waals surface area (Å²) < 4.78 is 0. The Labute approximate surface area is 99.3 Å². The van der Waals surface area contributed by atoms with Crippen LogP contribution in [0.1, 0.15) is 43.5 Å². The SMILES string of the molecule is C#CC(C)(C)NC(C)c1ccc(C)cc1C. The number of aryl methyl sites for hydroxylation is 2. The highest BCUT2D eigenvalue weighted by Crippen LogP contribution is 2.20. The predicted octanol–water partition coefficient (Wildman–Crippen LogP) is 3.37. The van der Waals surface area contributed by atoms with E-state index in [1.807, 2.05) is 13.8 Å². The molecule has 0 spiro atoms. The maximum Gasteiger partial charge on any atom is 0.0745 e. The van der Waals surface area contributed by atoms with Gasteiger partial charge in [-0.15, -0.1) is 6.42 Å². The number of hydrogen-bond acceptors (Lipinski definition) is 1. The molecule has 0 aliphatic heterocycles. The fourth-order valence-electron chi connectivity index (χ4n) is 1.97. The van der Waals surface area contributed by atoms with Crippen LogP contribution in [0, 0.1) is 26.2 Å². The minimum absolute atomic E-state index is 0.267. The van der Waals surface area contributed by atoms with E-state index in [2.05, 4.69) is 50.2 Å². The molecule has 1 unspecified atom stereocenters.